The van der Waals surface area contributed by atoms with Crippen LogP contribution in [0.1, 0.15) is 28.6 Å². The molecule has 0 radical (unpaired) electrons. The number of hydrogen-bond acceptors (Lipinski definition) is 4. The minimum absolute atomic E-state index is 0.000648. The monoisotopic (exact) mass is 490 g/mol. The Labute approximate surface area is 208 Å². The standard InChI is InChI=1S/C28H28F2N4O2/c29-23-8-11-25(30)22(16-23)19-34-15-14-32-27(34)17-28(36)33-24-9-6-20(7-10-24)12-13-31-18-26(35)21-4-2-1-3-5-21/h1-11,14-16,26,31,35H,12-13,17-19H2,(H,33,36)/t26-/m0/s1. The van der Waals surface area contributed by atoms with Crippen LogP contribution >= 0.6 is 0 Å². The van der Waals surface area contributed by atoms with Crippen LogP contribution in [0.4, 0.5) is 14.5 Å². The molecule has 1 atom stereocenters. The molecule has 1 amide bonds. The predicted octanol–water partition coefficient (Wildman–Crippen LogP) is 4.26. The van der Waals surface area contributed by atoms with Crippen molar-refractivity contribution in [1.82, 2.24) is 14.9 Å². The van der Waals surface area contributed by atoms with Crippen LogP contribution in [0, 0.1) is 11.6 Å². The molecule has 0 fully saturated rings. The van der Waals surface area contributed by atoms with Crippen LogP contribution < -0.4 is 10.6 Å². The van der Waals surface area contributed by atoms with Gasteiger partial charge in [0.25, 0.3) is 0 Å². The number of amides is 1. The highest BCUT2D eigenvalue weighted by Gasteiger charge is 2.12. The van der Waals surface area contributed by atoms with E-state index in [2.05, 4.69) is 15.6 Å². The maximum Gasteiger partial charge on any atom is 0.231 e. The summed E-state index contributed by atoms with van der Waals surface area (Å²) in [4.78, 5) is 16.7. The molecule has 3 N–H and O–H groups in total. The van der Waals surface area contributed by atoms with Gasteiger partial charge in [0, 0.05) is 30.2 Å². The molecule has 8 heteroatoms. The van der Waals surface area contributed by atoms with E-state index in [1.54, 1.807) is 10.8 Å². The molecule has 0 bridgehead atoms. The van der Waals surface area contributed by atoms with Gasteiger partial charge >= 0.3 is 0 Å². The van der Waals surface area contributed by atoms with Gasteiger partial charge in [-0.2, -0.15) is 0 Å². The Morgan fingerprint density at radius 3 is 2.58 bits per heavy atom. The molecule has 0 unspecified atom stereocenters. The van der Waals surface area contributed by atoms with Crippen LogP contribution in [-0.4, -0.2) is 33.7 Å². The van der Waals surface area contributed by atoms with Crippen molar-refractivity contribution in [2.24, 2.45) is 0 Å². The summed E-state index contributed by atoms with van der Waals surface area (Å²) < 4.78 is 29.1. The topological polar surface area (TPSA) is 79.2 Å². The largest absolute Gasteiger partial charge is 0.387 e. The van der Waals surface area contributed by atoms with Gasteiger partial charge in [-0.15, -0.1) is 0 Å². The van der Waals surface area contributed by atoms with Crippen LogP contribution in [0.25, 0.3) is 0 Å². The number of anilines is 1. The number of carbonyl (C=O) groups is 1. The molecule has 0 aliphatic rings. The van der Waals surface area contributed by atoms with Gasteiger partial charge in [-0.3, -0.25) is 4.79 Å². The molecule has 186 valence electrons. The van der Waals surface area contributed by atoms with Gasteiger partial charge in [-0.25, -0.2) is 13.8 Å². The third-order valence-corrected chi connectivity index (χ3v) is 5.82. The van der Waals surface area contributed by atoms with Crippen molar-refractivity contribution < 1.29 is 18.7 Å². The third-order valence-electron chi connectivity index (χ3n) is 5.82. The molecule has 0 saturated carbocycles. The van der Waals surface area contributed by atoms with E-state index in [4.69, 9.17) is 0 Å². The molecule has 1 heterocycles. The fourth-order valence-electron chi connectivity index (χ4n) is 3.87. The van der Waals surface area contributed by atoms with Gasteiger partial charge in [0.15, 0.2) is 0 Å². The van der Waals surface area contributed by atoms with E-state index >= 15 is 0 Å². The Balaban J connectivity index is 1.23. The number of aliphatic hydroxyl groups excluding tert-OH is 1. The van der Waals surface area contributed by atoms with Gasteiger partial charge in [0.1, 0.15) is 17.5 Å². The van der Waals surface area contributed by atoms with Gasteiger partial charge in [0.2, 0.25) is 5.91 Å². The number of halogens is 2. The Hall–Kier alpha value is -3.88. The number of benzene rings is 3. The minimum atomic E-state index is -0.549. The quantitative estimate of drug-likeness (QED) is 0.275. The number of carbonyl (C=O) groups excluding carboxylic acids is 1. The zero-order valence-corrected chi connectivity index (χ0v) is 19.7. The number of imidazole rings is 1. The number of aromatic nitrogens is 2. The summed E-state index contributed by atoms with van der Waals surface area (Å²) in [5, 5.41) is 16.3. The summed E-state index contributed by atoms with van der Waals surface area (Å²) >= 11 is 0. The lowest BCUT2D eigenvalue weighted by Crippen LogP contribution is -2.23. The van der Waals surface area contributed by atoms with Crippen molar-refractivity contribution in [3.8, 4) is 0 Å². The van der Waals surface area contributed by atoms with Crippen molar-refractivity contribution in [2.45, 2.75) is 25.5 Å². The number of rotatable bonds is 11. The summed E-state index contributed by atoms with van der Waals surface area (Å²) in [5.74, 6) is -0.832. The maximum atomic E-state index is 14.0. The molecule has 0 aliphatic heterocycles. The molecule has 6 nitrogen and oxygen atoms in total. The Kier molecular flexibility index (Phi) is 8.54. The van der Waals surface area contributed by atoms with E-state index in [0.29, 0.717) is 24.6 Å². The van der Waals surface area contributed by atoms with Crippen LogP contribution in [0.5, 0.6) is 0 Å². The van der Waals surface area contributed by atoms with E-state index in [1.807, 2.05) is 54.6 Å². The fourth-order valence-corrected chi connectivity index (χ4v) is 3.87. The molecule has 0 aliphatic carbocycles. The summed E-state index contributed by atoms with van der Waals surface area (Å²) in [6.07, 6.45) is 3.39. The van der Waals surface area contributed by atoms with E-state index < -0.39 is 17.7 Å². The summed E-state index contributed by atoms with van der Waals surface area (Å²) in [6.45, 7) is 1.27. The Morgan fingerprint density at radius 1 is 1.03 bits per heavy atom. The summed E-state index contributed by atoms with van der Waals surface area (Å²) in [7, 11) is 0. The third kappa shape index (κ3) is 7.07. The molecule has 1 aromatic heterocycles. The average molecular weight is 491 g/mol. The first kappa shape index (κ1) is 25.2. The number of hydrogen-bond donors (Lipinski definition) is 3. The predicted molar refractivity (Wildman–Crippen MR) is 134 cm³/mol. The molecular formula is C28H28F2N4O2. The second kappa shape index (κ2) is 12.2. The van der Waals surface area contributed by atoms with E-state index in [0.717, 1.165) is 35.7 Å². The fraction of sp³-hybridized carbons (Fsp3) is 0.214. The van der Waals surface area contributed by atoms with E-state index in [9.17, 15) is 18.7 Å². The first-order chi connectivity index (χ1) is 17.5. The van der Waals surface area contributed by atoms with E-state index in [-0.39, 0.29) is 24.4 Å². The van der Waals surface area contributed by atoms with Crippen molar-refractivity contribution in [1.29, 1.82) is 0 Å². The van der Waals surface area contributed by atoms with Gasteiger partial charge in [-0.05, 0) is 54.4 Å². The summed E-state index contributed by atoms with van der Waals surface area (Å²) in [6, 6.07) is 20.4. The molecule has 4 aromatic rings. The smallest absolute Gasteiger partial charge is 0.231 e. The molecular weight excluding hydrogens is 462 g/mol. The first-order valence-electron chi connectivity index (χ1n) is 11.7. The van der Waals surface area contributed by atoms with Crippen molar-refractivity contribution in [2.75, 3.05) is 18.4 Å². The number of aliphatic hydroxyl groups is 1. The van der Waals surface area contributed by atoms with Gasteiger partial charge in [0.05, 0.1) is 19.1 Å². The van der Waals surface area contributed by atoms with E-state index in [1.165, 1.54) is 6.20 Å². The zero-order chi connectivity index (χ0) is 25.3. The Bertz CT molecular complexity index is 1280. The highest BCUT2D eigenvalue weighted by Crippen LogP contribution is 2.15. The van der Waals surface area contributed by atoms with Gasteiger partial charge < -0.3 is 20.3 Å². The molecule has 0 spiro atoms. The maximum absolute atomic E-state index is 14.0. The van der Waals surface area contributed by atoms with Crippen LogP contribution in [0.3, 0.4) is 0 Å². The summed E-state index contributed by atoms with van der Waals surface area (Å²) in [5.41, 5.74) is 2.83. The van der Waals surface area contributed by atoms with Crippen molar-refractivity contribution >= 4 is 11.6 Å². The van der Waals surface area contributed by atoms with Crippen molar-refractivity contribution in [3.05, 3.63) is 119 Å². The lowest BCUT2D eigenvalue weighted by Gasteiger charge is -2.12. The highest BCUT2D eigenvalue weighted by atomic mass is 19.1. The van der Waals surface area contributed by atoms with Gasteiger partial charge in [-0.1, -0.05) is 42.5 Å². The van der Waals surface area contributed by atoms with Crippen LogP contribution in [0.2, 0.25) is 0 Å². The Morgan fingerprint density at radius 2 is 1.81 bits per heavy atom. The molecule has 0 saturated heterocycles. The molecule has 3 aromatic carbocycles. The highest BCUT2D eigenvalue weighted by molar-refractivity contribution is 5.91. The second-order valence-electron chi connectivity index (χ2n) is 8.51. The first-order valence-corrected chi connectivity index (χ1v) is 11.7. The lowest BCUT2D eigenvalue weighted by molar-refractivity contribution is -0.115. The zero-order valence-electron chi connectivity index (χ0n) is 19.7. The van der Waals surface area contributed by atoms with Crippen molar-refractivity contribution in [3.63, 3.8) is 0 Å². The number of nitrogens with zero attached hydrogens (tertiary/aromatic N) is 2. The SMILES string of the molecule is O=C(Cc1nccn1Cc1cc(F)ccc1F)Nc1ccc(CCNC[C@H](O)c2ccccc2)cc1. The van der Waals surface area contributed by atoms with Crippen LogP contribution in [-0.2, 0) is 24.2 Å². The average Bonchev–Trinajstić information content (AvgIpc) is 3.31. The molecule has 36 heavy (non-hydrogen) atoms. The lowest BCUT2D eigenvalue weighted by atomic mass is 10.1. The normalized spacial score (nSPS) is 11.9. The second-order valence-corrected chi connectivity index (χ2v) is 8.51. The van der Waals surface area contributed by atoms with Crippen LogP contribution in [0.15, 0.2) is 85.2 Å². The minimum Gasteiger partial charge on any atom is -0.387 e. The number of nitrogens with one attached hydrogen (secondary N) is 2. The molecule has 4 rings (SSSR count).